The van der Waals surface area contributed by atoms with Gasteiger partial charge in [-0.1, -0.05) is 0 Å². The summed E-state index contributed by atoms with van der Waals surface area (Å²) >= 11 is 3.27. The van der Waals surface area contributed by atoms with Crippen molar-refractivity contribution in [1.82, 2.24) is 15.0 Å². The van der Waals surface area contributed by atoms with Crippen molar-refractivity contribution in [2.24, 2.45) is 0 Å². The number of anilines is 2. The number of nitrogens with zero attached hydrogens (tertiary/aromatic N) is 3. The first-order chi connectivity index (χ1) is 7.78. The van der Waals surface area contributed by atoms with Crippen LogP contribution in [0, 0.1) is 0 Å². The number of nitrogens with one attached hydrogen (secondary N) is 1. The monoisotopic (exact) mass is 280 g/mol. The number of ether oxygens (including phenoxy) is 1. The van der Waals surface area contributed by atoms with Crippen molar-refractivity contribution in [3.63, 3.8) is 0 Å². The summed E-state index contributed by atoms with van der Waals surface area (Å²) in [5.74, 6) is 1.09. The fourth-order valence-corrected chi connectivity index (χ4v) is 1.29. The molecule has 0 fully saturated rings. The second kappa shape index (κ2) is 4.89. The first-order valence-electron chi connectivity index (χ1n) is 4.52. The summed E-state index contributed by atoms with van der Waals surface area (Å²) in [4.78, 5) is 12.2. The molecule has 0 aliphatic carbocycles. The van der Waals surface area contributed by atoms with Crippen LogP contribution in [0.5, 0.6) is 5.88 Å². The first kappa shape index (κ1) is 10.8. The van der Waals surface area contributed by atoms with Crippen molar-refractivity contribution in [3.05, 3.63) is 35.2 Å². The molecule has 0 saturated carbocycles. The van der Waals surface area contributed by atoms with Gasteiger partial charge in [-0.2, -0.15) is 0 Å². The van der Waals surface area contributed by atoms with E-state index >= 15 is 0 Å². The van der Waals surface area contributed by atoms with Crippen LogP contribution in [-0.2, 0) is 0 Å². The van der Waals surface area contributed by atoms with Crippen molar-refractivity contribution < 1.29 is 4.74 Å². The zero-order chi connectivity index (χ0) is 11.4. The highest BCUT2D eigenvalue weighted by molar-refractivity contribution is 9.10. The summed E-state index contributed by atoms with van der Waals surface area (Å²) in [7, 11) is 1.58. The van der Waals surface area contributed by atoms with Crippen molar-refractivity contribution in [2.75, 3.05) is 12.4 Å². The van der Waals surface area contributed by atoms with Gasteiger partial charge in [0.05, 0.1) is 23.5 Å². The number of pyridine rings is 1. The zero-order valence-electron chi connectivity index (χ0n) is 8.51. The predicted octanol–water partition coefficient (Wildman–Crippen LogP) is 2.39. The van der Waals surface area contributed by atoms with E-state index in [4.69, 9.17) is 4.74 Å². The van der Waals surface area contributed by atoms with Gasteiger partial charge in [0.15, 0.2) is 0 Å². The minimum Gasteiger partial charge on any atom is -0.481 e. The SMILES string of the molecule is COc1ccc(Nc2ncc(Br)cn2)cn1. The Bertz CT molecular complexity index is 457. The molecule has 82 valence electrons. The number of aromatic nitrogens is 3. The molecule has 0 aliphatic heterocycles. The van der Waals surface area contributed by atoms with Crippen LogP contribution in [0.25, 0.3) is 0 Å². The largest absolute Gasteiger partial charge is 0.481 e. The molecule has 6 heteroatoms. The number of methoxy groups -OCH3 is 1. The van der Waals surface area contributed by atoms with E-state index in [0.717, 1.165) is 10.2 Å². The second-order valence-corrected chi connectivity index (χ2v) is 3.85. The van der Waals surface area contributed by atoms with E-state index in [1.54, 1.807) is 31.8 Å². The Kier molecular flexibility index (Phi) is 3.31. The molecule has 0 aliphatic rings. The molecule has 0 saturated heterocycles. The van der Waals surface area contributed by atoms with Gasteiger partial charge in [-0.3, -0.25) is 0 Å². The molecule has 2 aromatic heterocycles. The Labute approximate surface area is 101 Å². The Balaban J connectivity index is 2.11. The summed E-state index contributed by atoms with van der Waals surface area (Å²) in [6.45, 7) is 0. The molecular formula is C10H9BrN4O. The summed E-state index contributed by atoms with van der Waals surface area (Å²) in [5.41, 5.74) is 0.808. The zero-order valence-corrected chi connectivity index (χ0v) is 10.1. The van der Waals surface area contributed by atoms with Crippen LogP contribution >= 0.6 is 15.9 Å². The third kappa shape index (κ3) is 2.66. The van der Waals surface area contributed by atoms with Crippen molar-refractivity contribution in [2.45, 2.75) is 0 Å². The molecule has 0 spiro atoms. The van der Waals surface area contributed by atoms with Crippen LogP contribution in [0.1, 0.15) is 0 Å². The quantitative estimate of drug-likeness (QED) is 0.936. The van der Waals surface area contributed by atoms with Gasteiger partial charge in [0.2, 0.25) is 11.8 Å². The smallest absolute Gasteiger partial charge is 0.227 e. The van der Waals surface area contributed by atoms with Crippen LogP contribution in [0.2, 0.25) is 0 Å². The number of rotatable bonds is 3. The molecule has 0 atom stereocenters. The van der Waals surface area contributed by atoms with E-state index in [2.05, 4.69) is 36.2 Å². The van der Waals surface area contributed by atoms with Crippen molar-refractivity contribution in [1.29, 1.82) is 0 Å². The Morgan fingerprint density at radius 1 is 1.12 bits per heavy atom. The molecule has 1 N–H and O–H groups in total. The van der Waals surface area contributed by atoms with Gasteiger partial charge in [-0.05, 0) is 22.0 Å². The normalized spacial score (nSPS) is 9.88. The Morgan fingerprint density at radius 3 is 2.44 bits per heavy atom. The molecule has 0 unspecified atom stereocenters. The standard InChI is InChI=1S/C10H9BrN4O/c1-16-9-3-2-8(6-12-9)15-10-13-4-7(11)5-14-10/h2-6H,1H3,(H,13,14,15). The maximum Gasteiger partial charge on any atom is 0.227 e. The van der Waals surface area contributed by atoms with Crippen LogP contribution in [0.3, 0.4) is 0 Å². The van der Waals surface area contributed by atoms with E-state index < -0.39 is 0 Å². The van der Waals surface area contributed by atoms with E-state index in [9.17, 15) is 0 Å². The number of hydrogen-bond acceptors (Lipinski definition) is 5. The molecule has 0 aromatic carbocycles. The lowest BCUT2D eigenvalue weighted by Crippen LogP contribution is -1.97. The van der Waals surface area contributed by atoms with Crippen LogP contribution in [0.4, 0.5) is 11.6 Å². The highest BCUT2D eigenvalue weighted by atomic mass is 79.9. The molecule has 16 heavy (non-hydrogen) atoms. The third-order valence-electron chi connectivity index (χ3n) is 1.82. The lowest BCUT2D eigenvalue weighted by Gasteiger charge is -2.04. The summed E-state index contributed by atoms with van der Waals surface area (Å²) in [6, 6.07) is 3.61. The van der Waals surface area contributed by atoms with E-state index in [1.165, 1.54) is 0 Å². The summed E-state index contributed by atoms with van der Waals surface area (Å²) in [6.07, 6.45) is 5.00. The average Bonchev–Trinajstić information content (AvgIpc) is 2.33. The Hall–Kier alpha value is -1.69. The molecular weight excluding hydrogens is 272 g/mol. The third-order valence-corrected chi connectivity index (χ3v) is 2.23. The van der Waals surface area contributed by atoms with Crippen molar-refractivity contribution >= 4 is 27.6 Å². The molecule has 2 heterocycles. The van der Waals surface area contributed by atoms with Crippen LogP contribution in [-0.4, -0.2) is 22.1 Å². The Morgan fingerprint density at radius 2 is 1.88 bits per heavy atom. The van der Waals surface area contributed by atoms with E-state index in [-0.39, 0.29) is 0 Å². The minimum absolute atomic E-state index is 0.523. The highest BCUT2D eigenvalue weighted by Crippen LogP contribution is 2.15. The lowest BCUT2D eigenvalue weighted by molar-refractivity contribution is 0.398. The van der Waals surface area contributed by atoms with Crippen LogP contribution < -0.4 is 10.1 Å². The summed E-state index contributed by atoms with van der Waals surface area (Å²) in [5, 5.41) is 3.02. The van der Waals surface area contributed by atoms with E-state index in [0.29, 0.717) is 11.8 Å². The average molecular weight is 281 g/mol. The van der Waals surface area contributed by atoms with Gasteiger partial charge < -0.3 is 10.1 Å². The molecule has 0 amide bonds. The fraction of sp³-hybridized carbons (Fsp3) is 0.100. The maximum absolute atomic E-state index is 4.96. The molecule has 0 radical (unpaired) electrons. The number of halogens is 1. The van der Waals surface area contributed by atoms with Gasteiger partial charge in [-0.15, -0.1) is 0 Å². The topological polar surface area (TPSA) is 59.9 Å². The lowest BCUT2D eigenvalue weighted by atomic mass is 10.4. The van der Waals surface area contributed by atoms with Gasteiger partial charge in [0, 0.05) is 18.5 Å². The van der Waals surface area contributed by atoms with Gasteiger partial charge in [0.1, 0.15) is 0 Å². The second-order valence-electron chi connectivity index (χ2n) is 2.94. The number of hydrogen-bond donors (Lipinski definition) is 1. The molecule has 5 nitrogen and oxygen atoms in total. The highest BCUT2D eigenvalue weighted by Gasteiger charge is 1.98. The van der Waals surface area contributed by atoms with E-state index in [1.807, 2.05) is 6.07 Å². The van der Waals surface area contributed by atoms with Gasteiger partial charge in [-0.25, -0.2) is 15.0 Å². The van der Waals surface area contributed by atoms with Gasteiger partial charge >= 0.3 is 0 Å². The molecule has 0 bridgehead atoms. The van der Waals surface area contributed by atoms with Gasteiger partial charge in [0.25, 0.3) is 0 Å². The summed E-state index contributed by atoms with van der Waals surface area (Å²) < 4.78 is 5.80. The molecule has 2 aromatic rings. The maximum atomic E-state index is 4.96. The first-order valence-corrected chi connectivity index (χ1v) is 5.32. The minimum atomic E-state index is 0.523. The fourth-order valence-electron chi connectivity index (χ4n) is 1.08. The van der Waals surface area contributed by atoms with Crippen LogP contribution in [0.15, 0.2) is 35.2 Å². The molecule has 2 rings (SSSR count). The van der Waals surface area contributed by atoms with Crippen molar-refractivity contribution in [3.8, 4) is 5.88 Å². The predicted molar refractivity (Wildman–Crippen MR) is 63.8 cm³/mol.